The summed E-state index contributed by atoms with van der Waals surface area (Å²) in [4.78, 5) is 13.8. The largest absolute Gasteiger partial charge is 0.408 e. The summed E-state index contributed by atoms with van der Waals surface area (Å²) in [6.45, 7) is 3.27. The van der Waals surface area contributed by atoms with Gasteiger partial charge in [0.25, 0.3) is 0 Å². The molecule has 1 aromatic carbocycles. The van der Waals surface area contributed by atoms with Gasteiger partial charge < -0.3 is 9.32 Å². The minimum atomic E-state index is -4.00. The number of hydrogen-bond acceptors (Lipinski definition) is 6. The van der Waals surface area contributed by atoms with Crippen molar-refractivity contribution in [3.05, 3.63) is 29.3 Å². The van der Waals surface area contributed by atoms with E-state index in [4.69, 9.17) is 16.0 Å². The number of likely N-dealkylation sites (tertiary alicyclic amines) is 1. The normalized spacial score (nSPS) is 16.2. The molecular formula is C16H18ClN3O4S. The number of carbonyl (C=O) groups excluding carboxylic acids is 1. The smallest absolute Gasteiger partial charge is 0.336 e. The molecule has 0 saturated carbocycles. The molecule has 0 spiro atoms. The Kier molecular flexibility index (Phi) is 5.10. The molecule has 1 amide bonds. The fourth-order valence-electron chi connectivity index (χ4n) is 2.65. The Balaban J connectivity index is 1.75. The molecule has 0 aliphatic carbocycles. The second kappa shape index (κ2) is 7.13. The van der Waals surface area contributed by atoms with Crippen LogP contribution in [0.1, 0.15) is 19.8 Å². The Bertz CT molecular complexity index is 873. The van der Waals surface area contributed by atoms with E-state index < -0.39 is 26.7 Å². The zero-order chi connectivity index (χ0) is 18.0. The van der Waals surface area contributed by atoms with Gasteiger partial charge in [-0.25, -0.2) is 8.42 Å². The van der Waals surface area contributed by atoms with Gasteiger partial charge in [-0.3, -0.25) is 4.79 Å². The number of halogens is 1. The van der Waals surface area contributed by atoms with Crippen molar-refractivity contribution in [3.8, 4) is 11.5 Å². The number of hydrogen-bond donors (Lipinski definition) is 0. The quantitative estimate of drug-likeness (QED) is 0.804. The lowest BCUT2D eigenvalue weighted by Crippen LogP contribution is -2.41. The standard InChI is InChI=1S/C16H18ClN3O4S/c1-11-6-8-20(9-7-11)14(21)10-25(22,23)16-19-18-15(24-16)12-4-2-3-5-13(12)17/h2-5,11H,6-10H2,1H3. The number of piperidine rings is 1. The molecule has 1 fully saturated rings. The van der Waals surface area contributed by atoms with Crippen LogP contribution in [0.15, 0.2) is 33.9 Å². The van der Waals surface area contributed by atoms with Crippen LogP contribution in [-0.2, 0) is 14.6 Å². The summed E-state index contributed by atoms with van der Waals surface area (Å²) >= 11 is 6.04. The first-order chi connectivity index (χ1) is 11.9. The van der Waals surface area contributed by atoms with Crippen LogP contribution in [-0.4, -0.2) is 48.3 Å². The summed E-state index contributed by atoms with van der Waals surface area (Å²) in [5.74, 6) is -0.562. The predicted octanol–water partition coefficient (Wildman–Crippen LogP) is 2.42. The number of carbonyl (C=O) groups is 1. The average Bonchev–Trinajstić information content (AvgIpc) is 3.06. The highest BCUT2D eigenvalue weighted by Gasteiger charge is 2.30. The van der Waals surface area contributed by atoms with E-state index >= 15 is 0 Å². The second-order valence-corrected chi connectivity index (χ2v) is 8.45. The molecule has 9 heteroatoms. The molecule has 0 atom stereocenters. The summed E-state index contributed by atoms with van der Waals surface area (Å²) in [7, 11) is -4.00. The van der Waals surface area contributed by atoms with Crippen LogP contribution in [0.4, 0.5) is 0 Å². The van der Waals surface area contributed by atoms with Crippen LogP contribution in [0, 0.1) is 5.92 Å². The van der Waals surface area contributed by atoms with Gasteiger partial charge in [-0.1, -0.05) is 35.8 Å². The van der Waals surface area contributed by atoms with E-state index in [2.05, 4.69) is 17.1 Å². The minimum absolute atomic E-state index is 0.00317. The molecule has 2 heterocycles. The lowest BCUT2D eigenvalue weighted by Gasteiger charge is -2.30. The van der Waals surface area contributed by atoms with Gasteiger partial charge in [-0.15, -0.1) is 5.10 Å². The Morgan fingerprint density at radius 2 is 1.96 bits per heavy atom. The van der Waals surface area contributed by atoms with Crippen LogP contribution in [0.2, 0.25) is 5.02 Å². The van der Waals surface area contributed by atoms with E-state index in [1.165, 1.54) is 0 Å². The van der Waals surface area contributed by atoms with E-state index in [1.54, 1.807) is 29.2 Å². The van der Waals surface area contributed by atoms with E-state index in [1.807, 2.05) is 0 Å². The van der Waals surface area contributed by atoms with E-state index in [0.717, 1.165) is 12.8 Å². The Hall–Kier alpha value is -1.93. The van der Waals surface area contributed by atoms with Gasteiger partial charge in [0.15, 0.2) is 0 Å². The first kappa shape index (κ1) is 17.9. The highest BCUT2D eigenvalue weighted by molar-refractivity contribution is 7.91. The number of rotatable bonds is 4. The Morgan fingerprint density at radius 3 is 2.64 bits per heavy atom. The van der Waals surface area contributed by atoms with Gasteiger partial charge in [0.1, 0.15) is 5.75 Å². The maximum Gasteiger partial charge on any atom is 0.336 e. The molecular weight excluding hydrogens is 366 g/mol. The lowest BCUT2D eigenvalue weighted by atomic mass is 9.99. The summed E-state index contributed by atoms with van der Waals surface area (Å²) in [6, 6.07) is 6.74. The molecule has 25 heavy (non-hydrogen) atoms. The maximum absolute atomic E-state index is 12.4. The third kappa shape index (κ3) is 4.01. The highest BCUT2D eigenvalue weighted by atomic mass is 35.5. The Morgan fingerprint density at radius 1 is 1.28 bits per heavy atom. The molecule has 1 aromatic heterocycles. The molecule has 134 valence electrons. The summed E-state index contributed by atoms with van der Waals surface area (Å²) in [5.41, 5.74) is 0.439. The third-order valence-corrected chi connectivity index (χ3v) is 5.88. The number of amides is 1. The number of benzene rings is 1. The average molecular weight is 384 g/mol. The molecule has 1 aliphatic heterocycles. The summed E-state index contributed by atoms with van der Waals surface area (Å²) in [6.07, 6.45) is 1.76. The molecule has 0 N–H and O–H groups in total. The van der Waals surface area contributed by atoms with Crippen LogP contribution >= 0.6 is 11.6 Å². The maximum atomic E-state index is 12.4. The first-order valence-electron chi connectivity index (χ1n) is 7.96. The molecule has 2 aromatic rings. The van der Waals surface area contributed by atoms with Gasteiger partial charge >= 0.3 is 5.22 Å². The molecule has 1 saturated heterocycles. The predicted molar refractivity (Wildman–Crippen MR) is 91.8 cm³/mol. The van der Waals surface area contributed by atoms with E-state index in [-0.39, 0.29) is 5.89 Å². The fraction of sp³-hybridized carbons (Fsp3) is 0.438. The van der Waals surface area contributed by atoms with Gasteiger partial charge in [-0.05, 0) is 30.9 Å². The zero-order valence-corrected chi connectivity index (χ0v) is 15.3. The van der Waals surface area contributed by atoms with Crippen LogP contribution < -0.4 is 0 Å². The molecule has 1 aliphatic rings. The number of sulfone groups is 1. The Labute approximate surface area is 150 Å². The van der Waals surface area contributed by atoms with Crippen molar-refractivity contribution < 1.29 is 17.6 Å². The molecule has 0 bridgehead atoms. The molecule has 7 nitrogen and oxygen atoms in total. The van der Waals surface area contributed by atoms with Crippen molar-refractivity contribution >= 4 is 27.3 Å². The van der Waals surface area contributed by atoms with Gasteiger partial charge in [0.05, 0.1) is 10.6 Å². The second-order valence-electron chi connectivity index (χ2n) is 6.18. The topological polar surface area (TPSA) is 93.4 Å². The van der Waals surface area contributed by atoms with Gasteiger partial charge in [-0.2, -0.15) is 0 Å². The number of aromatic nitrogens is 2. The van der Waals surface area contributed by atoms with Crippen molar-refractivity contribution in [2.75, 3.05) is 18.8 Å². The van der Waals surface area contributed by atoms with Crippen molar-refractivity contribution in [3.63, 3.8) is 0 Å². The van der Waals surface area contributed by atoms with E-state index in [9.17, 15) is 13.2 Å². The van der Waals surface area contributed by atoms with Crippen molar-refractivity contribution in [2.24, 2.45) is 5.92 Å². The molecule has 3 rings (SSSR count). The van der Waals surface area contributed by atoms with Crippen molar-refractivity contribution in [1.82, 2.24) is 15.1 Å². The SMILES string of the molecule is CC1CCN(C(=O)CS(=O)(=O)c2nnc(-c3ccccc3Cl)o2)CC1. The highest BCUT2D eigenvalue weighted by Crippen LogP contribution is 2.27. The molecule has 0 radical (unpaired) electrons. The van der Waals surface area contributed by atoms with Gasteiger partial charge in [0, 0.05) is 13.1 Å². The van der Waals surface area contributed by atoms with Gasteiger partial charge in [0.2, 0.25) is 21.6 Å². The van der Waals surface area contributed by atoms with E-state index in [0.29, 0.717) is 29.6 Å². The van der Waals surface area contributed by atoms with Crippen LogP contribution in [0.3, 0.4) is 0 Å². The number of nitrogens with zero attached hydrogens (tertiary/aromatic N) is 3. The molecule has 0 unspecified atom stereocenters. The van der Waals surface area contributed by atoms with Crippen molar-refractivity contribution in [1.29, 1.82) is 0 Å². The third-order valence-electron chi connectivity index (χ3n) is 4.23. The fourth-order valence-corrected chi connectivity index (χ4v) is 3.87. The van der Waals surface area contributed by atoms with Crippen LogP contribution in [0.5, 0.6) is 0 Å². The lowest BCUT2D eigenvalue weighted by molar-refractivity contribution is -0.129. The zero-order valence-electron chi connectivity index (χ0n) is 13.7. The first-order valence-corrected chi connectivity index (χ1v) is 9.99. The summed E-state index contributed by atoms with van der Waals surface area (Å²) < 4.78 is 30.1. The minimum Gasteiger partial charge on any atom is -0.408 e. The van der Waals surface area contributed by atoms with Crippen LogP contribution in [0.25, 0.3) is 11.5 Å². The monoisotopic (exact) mass is 383 g/mol. The van der Waals surface area contributed by atoms with Crippen molar-refractivity contribution in [2.45, 2.75) is 25.0 Å². The summed E-state index contributed by atoms with van der Waals surface area (Å²) in [5, 5.41) is 7.12.